The highest BCUT2D eigenvalue weighted by Gasteiger charge is 2.23. The number of thiophene rings is 1. The summed E-state index contributed by atoms with van der Waals surface area (Å²) in [6.45, 7) is 1.25. The summed E-state index contributed by atoms with van der Waals surface area (Å²) in [5.74, 6) is 0.983. The van der Waals surface area contributed by atoms with Crippen LogP contribution in [0.2, 0.25) is 0 Å². The Morgan fingerprint density at radius 1 is 1.35 bits per heavy atom. The molecule has 2 aromatic rings. The number of benzene rings is 1. The van der Waals surface area contributed by atoms with Gasteiger partial charge >= 0.3 is 0 Å². The van der Waals surface area contributed by atoms with Crippen LogP contribution in [0.15, 0.2) is 29.6 Å². The van der Waals surface area contributed by atoms with Gasteiger partial charge < -0.3 is 14.7 Å². The van der Waals surface area contributed by atoms with Gasteiger partial charge in [0.05, 0.1) is 12.0 Å². The van der Waals surface area contributed by atoms with Crippen LogP contribution in [0.25, 0.3) is 0 Å². The van der Waals surface area contributed by atoms with Crippen LogP contribution in [0, 0.1) is 0 Å². The summed E-state index contributed by atoms with van der Waals surface area (Å²) in [4.78, 5) is 14.9. The van der Waals surface area contributed by atoms with E-state index in [1.807, 2.05) is 16.3 Å². The molecular weight excluding hydrogens is 274 g/mol. The minimum absolute atomic E-state index is 0.0206. The smallest absolute Gasteiger partial charge is 0.264 e. The number of ether oxygens (including phenoxy) is 1. The molecule has 1 amide bonds. The first-order valence-electron chi connectivity index (χ1n) is 6.40. The summed E-state index contributed by atoms with van der Waals surface area (Å²) in [7, 11) is 1.59. The lowest BCUT2D eigenvalue weighted by molar-refractivity contribution is 0.0739. The van der Waals surface area contributed by atoms with Crippen molar-refractivity contribution in [2.24, 2.45) is 0 Å². The number of hydrogen-bond acceptors (Lipinski definition) is 4. The van der Waals surface area contributed by atoms with Crippen LogP contribution in [0.1, 0.15) is 20.8 Å². The largest absolute Gasteiger partial charge is 0.508 e. The molecule has 1 aromatic heterocycles. The van der Waals surface area contributed by atoms with Gasteiger partial charge in [0.25, 0.3) is 5.91 Å². The quantitative estimate of drug-likeness (QED) is 0.924. The summed E-state index contributed by atoms with van der Waals surface area (Å²) in [5, 5.41) is 11.4. The Hall–Kier alpha value is -2.01. The van der Waals surface area contributed by atoms with Crippen LogP contribution in [0.3, 0.4) is 0 Å². The van der Waals surface area contributed by atoms with Crippen molar-refractivity contribution in [2.75, 3.05) is 13.7 Å². The molecule has 2 heterocycles. The van der Waals surface area contributed by atoms with Gasteiger partial charge in [-0.05, 0) is 29.7 Å². The van der Waals surface area contributed by atoms with Crippen LogP contribution in [-0.4, -0.2) is 29.6 Å². The molecule has 0 unspecified atom stereocenters. The lowest BCUT2D eigenvalue weighted by Gasteiger charge is -2.28. The number of carbonyl (C=O) groups excluding carboxylic acids is 1. The van der Waals surface area contributed by atoms with Crippen LogP contribution in [-0.2, 0) is 13.0 Å². The van der Waals surface area contributed by atoms with E-state index in [1.54, 1.807) is 25.3 Å². The Labute approximate surface area is 121 Å². The van der Waals surface area contributed by atoms with E-state index in [9.17, 15) is 9.90 Å². The van der Waals surface area contributed by atoms with Gasteiger partial charge in [-0.2, -0.15) is 0 Å². The first-order valence-corrected chi connectivity index (χ1v) is 7.28. The van der Waals surface area contributed by atoms with E-state index in [1.165, 1.54) is 16.9 Å². The van der Waals surface area contributed by atoms with Crippen molar-refractivity contribution in [1.82, 2.24) is 4.90 Å². The third kappa shape index (κ3) is 2.36. The molecule has 1 aromatic carbocycles. The summed E-state index contributed by atoms with van der Waals surface area (Å²) < 4.78 is 5.11. The van der Waals surface area contributed by atoms with Gasteiger partial charge in [-0.3, -0.25) is 4.79 Å². The van der Waals surface area contributed by atoms with Crippen molar-refractivity contribution in [3.63, 3.8) is 0 Å². The van der Waals surface area contributed by atoms with Gasteiger partial charge in [0.1, 0.15) is 11.5 Å². The minimum Gasteiger partial charge on any atom is -0.508 e. The van der Waals surface area contributed by atoms with Gasteiger partial charge in [0.15, 0.2) is 0 Å². The number of hydrogen-bond donors (Lipinski definition) is 1. The third-order valence-corrected chi connectivity index (χ3v) is 4.41. The van der Waals surface area contributed by atoms with Crippen LogP contribution in [0.4, 0.5) is 0 Å². The van der Waals surface area contributed by atoms with E-state index >= 15 is 0 Å². The maximum absolute atomic E-state index is 12.4. The highest BCUT2D eigenvalue weighted by Crippen LogP contribution is 2.27. The molecule has 0 saturated heterocycles. The topological polar surface area (TPSA) is 49.8 Å². The average molecular weight is 289 g/mol. The standard InChI is InChI=1S/C15H15NO3S/c1-19-13-7-14(20-9-13)15(18)16-5-4-10-2-3-12(17)6-11(10)8-16/h2-3,6-7,9,17H,4-5,8H2,1H3. The lowest BCUT2D eigenvalue weighted by Crippen LogP contribution is -2.35. The summed E-state index contributed by atoms with van der Waals surface area (Å²) >= 11 is 1.39. The van der Waals surface area contributed by atoms with Crippen molar-refractivity contribution in [1.29, 1.82) is 0 Å². The van der Waals surface area contributed by atoms with Crippen LogP contribution < -0.4 is 4.74 Å². The molecule has 1 N–H and O–H groups in total. The molecule has 3 rings (SSSR count). The zero-order valence-electron chi connectivity index (χ0n) is 11.1. The number of phenols is 1. The lowest BCUT2D eigenvalue weighted by atomic mass is 9.99. The van der Waals surface area contributed by atoms with E-state index in [0.717, 1.165) is 12.0 Å². The van der Waals surface area contributed by atoms with Gasteiger partial charge in [0, 0.05) is 24.5 Å². The molecule has 1 aliphatic heterocycles. The van der Waals surface area contributed by atoms with E-state index in [0.29, 0.717) is 23.7 Å². The Bertz CT molecular complexity index is 650. The second-order valence-electron chi connectivity index (χ2n) is 4.78. The monoisotopic (exact) mass is 289 g/mol. The molecule has 0 saturated carbocycles. The first-order chi connectivity index (χ1) is 9.67. The predicted octanol–water partition coefficient (Wildman–Crippen LogP) is 2.66. The van der Waals surface area contributed by atoms with Crippen molar-refractivity contribution in [3.05, 3.63) is 45.6 Å². The van der Waals surface area contributed by atoms with Crippen molar-refractivity contribution >= 4 is 17.2 Å². The number of amides is 1. The van der Waals surface area contributed by atoms with Gasteiger partial charge in [0.2, 0.25) is 0 Å². The van der Waals surface area contributed by atoms with Crippen LogP contribution >= 0.6 is 11.3 Å². The number of carbonyl (C=O) groups is 1. The van der Waals surface area contributed by atoms with E-state index in [-0.39, 0.29) is 11.7 Å². The SMILES string of the molecule is COc1csc(C(=O)N2CCc3ccc(O)cc3C2)c1. The van der Waals surface area contributed by atoms with E-state index in [4.69, 9.17) is 4.74 Å². The normalized spacial score (nSPS) is 13.9. The molecule has 0 aliphatic carbocycles. The molecule has 1 aliphatic rings. The summed E-state index contributed by atoms with van der Waals surface area (Å²) in [6.07, 6.45) is 0.823. The molecule has 20 heavy (non-hydrogen) atoms. The minimum atomic E-state index is 0.0206. The fourth-order valence-electron chi connectivity index (χ4n) is 2.41. The fraction of sp³-hybridized carbons (Fsp3) is 0.267. The number of rotatable bonds is 2. The zero-order chi connectivity index (χ0) is 14.1. The number of aromatic hydroxyl groups is 1. The number of nitrogens with zero attached hydrogens (tertiary/aromatic N) is 1. The molecule has 104 valence electrons. The number of fused-ring (bicyclic) bond motifs is 1. The average Bonchev–Trinajstić information content (AvgIpc) is 2.94. The van der Waals surface area contributed by atoms with Crippen molar-refractivity contribution in [3.8, 4) is 11.5 Å². The van der Waals surface area contributed by atoms with E-state index in [2.05, 4.69) is 0 Å². The molecular formula is C15H15NO3S. The predicted molar refractivity (Wildman–Crippen MR) is 77.4 cm³/mol. The fourth-order valence-corrected chi connectivity index (χ4v) is 3.23. The van der Waals surface area contributed by atoms with Crippen LogP contribution in [0.5, 0.6) is 11.5 Å². The molecule has 0 bridgehead atoms. The second kappa shape index (κ2) is 5.17. The Balaban J connectivity index is 1.80. The highest BCUT2D eigenvalue weighted by atomic mass is 32.1. The first kappa shape index (κ1) is 13.0. The molecule has 0 fully saturated rings. The number of methoxy groups -OCH3 is 1. The molecule has 4 nitrogen and oxygen atoms in total. The molecule has 0 radical (unpaired) electrons. The van der Waals surface area contributed by atoms with Crippen molar-refractivity contribution in [2.45, 2.75) is 13.0 Å². The van der Waals surface area contributed by atoms with Crippen molar-refractivity contribution < 1.29 is 14.6 Å². The third-order valence-electron chi connectivity index (χ3n) is 3.51. The maximum Gasteiger partial charge on any atom is 0.264 e. The highest BCUT2D eigenvalue weighted by molar-refractivity contribution is 7.12. The molecule has 5 heteroatoms. The van der Waals surface area contributed by atoms with E-state index < -0.39 is 0 Å². The zero-order valence-corrected chi connectivity index (χ0v) is 11.9. The Morgan fingerprint density at radius 3 is 2.95 bits per heavy atom. The van der Waals surface area contributed by atoms with Gasteiger partial charge in [-0.1, -0.05) is 6.07 Å². The molecule has 0 spiro atoms. The second-order valence-corrected chi connectivity index (χ2v) is 5.69. The molecule has 0 atom stereocenters. The Kier molecular flexibility index (Phi) is 3.36. The van der Waals surface area contributed by atoms with Gasteiger partial charge in [-0.15, -0.1) is 11.3 Å². The summed E-state index contributed by atoms with van der Waals surface area (Å²) in [6, 6.07) is 7.13. The maximum atomic E-state index is 12.4. The van der Waals surface area contributed by atoms with Gasteiger partial charge in [-0.25, -0.2) is 0 Å². The Morgan fingerprint density at radius 2 is 2.20 bits per heavy atom. The summed E-state index contributed by atoms with van der Waals surface area (Å²) in [5.41, 5.74) is 2.23. The number of phenolic OH excluding ortho intramolecular Hbond substituents is 1.